The van der Waals surface area contributed by atoms with Gasteiger partial charge in [0.25, 0.3) is 0 Å². The highest BCUT2D eigenvalue weighted by atomic mass is 35.5. The third-order valence-electron chi connectivity index (χ3n) is 2.01. The fourth-order valence-corrected chi connectivity index (χ4v) is 1.45. The van der Waals surface area contributed by atoms with Gasteiger partial charge in [0.2, 0.25) is 0 Å². The first-order valence-corrected chi connectivity index (χ1v) is 4.57. The zero-order valence-electron chi connectivity index (χ0n) is 7.35. The Hall–Kier alpha value is -1.54. The molecule has 0 aliphatic heterocycles. The van der Waals surface area contributed by atoms with E-state index in [1.54, 1.807) is 12.1 Å². The molecule has 14 heavy (non-hydrogen) atoms. The van der Waals surface area contributed by atoms with Crippen LogP contribution in [0.25, 0.3) is 5.69 Å². The summed E-state index contributed by atoms with van der Waals surface area (Å²) in [5.41, 5.74) is 1.44. The molecule has 0 aliphatic rings. The van der Waals surface area contributed by atoms with Gasteiger partial charge in [-0.2, -0.15) is 0 Å². The molecule has 0 aliphatic carbocycles. The van der Waals surface area contributed by atoms with E-state index in [0.29, 0.717) is 10.6 Å². The average molecular weight is 206 g/mol. The third kappa shape index (κ3) is 1.56. The van der Waals surface area contributed by atoms with Crippen molar-refractivity contribution >= 4 is 17.9 Å². The Morgan fingerprint density at radius 1 is 1.21 bits per heavy atom. The average Bonchev–Trinajstić information content (AvgIpc) is 2.71. The van der Waals surface area contributed by atoms with Crippen molar-refractivity contribution in [2.75, 3.05) is 0 Å². The van der Waals surface area contributed by atoms with E-state index in [2.05, 4.69) is 0 Å². The van der Waals surface area contributed by atoms with Crippen LogP contribution in [0.4, 0.5) is 0 Å². The first-order chi connectivity index (χ1) is 6.81. The van der Waals surface area contributed by atoms with Gasteiger partial charge >= 0.3 is 0 Å². The molecule has 0 radical (unpaired) electrons. The van der Waals surface area contributed by atoms with Gasteiger partial charge in [0.15, 0.2) is 6.29 Å². The van der Waals surface area contributed by atoms with E-state index in [9.17, 15) is 4.79 Å². The highest BCUT2D eigenvalue weighted by molar-refractivity contribution is 6.33. The predicted octanol–water partition coefficient (Wildman–Crippen LogP) is 2.94. The molecule has 1 heterocycles. The molecule has 70 valence electrons. The van der Waals surface area contributed by atoms with E-state index in [1.165, 1.54) is 0 Å². The summed E-state index contributed by atoms with van der Waals surface area (Å²) in [4.78, 5) is 10.7. The van der Waals surface area contributed by atoms with Crippen LogP contribution in [0.2, 0.25) is 5.02 Å². The normalized spacial score (nSPS) is 10.1. The topological polar surface area (TPSA) is 22.0 Å². The van der Waals surface area contributed by atoms with Crippen molar-refractivity contribution in [3.63, 3.8) is 0 Å². The Morgan fingerprint density at radius 2 is 1.93 bits per heavy atom. The van der Waals surface area contributed by atoms with Gasteiger partial charge in [-0.3, -0.25) is 4.79 Å². The van der Waals surface area contributed by atoms with E-state index in [1.807, 2.05) is 35.2 Å². The van der Waals surface area contributed by atoms with Crippen molar-refractivity contribution in [3.05, 3.63) is 53.3 Å². The van der Waals surface area contributed by atoms with Crippen molar-refractivity contribution < 1.29 is 4.79 Å². The molecule has 1 aromatic carbocycles. The van der Waals surface area contributed by atoms with E-state index in [4.69, 9.17) is 11.6 Å². The number of aromatic nitrogens is 1. The van der Waals surface area contributed by atoms with Gasteiger partial charge in [-0.1, -0.05) is 11.6 Å². The van der Waals surface area contributed by atoms with Crippen LogP contribution in [-0.4, -0.2) is 10.9 Å². The molecule has 3 heteroatoms. The molecule has 0 fully saturated rings. The van der Waals surface area contributed by atoms with Crippen molar-refractivity contribution in [1.29, 1.82) is 0 Å². The highest BCUT2D eigenvalue weighted by Crippen LogP contribution is 2.18. The number of hydrogen-bond donors (Lipinski definition) is 0. The summed E-state index contributed by atoms with van der Waals surface area (Å²) in [6.45, 7) is 0. The number of rotatable bonds is 2. The van der Waals surface area contributed by atoms with Gasteiger partial charge in [0, 0.05) is 23.6 Å². The number of nitrogens with zero attached hydrogens (tertiary/aromatic N) is 1. The molecular weight excluding hydrogens is 198 g/mol. The maximum atomic E-state index is 10.7. The quantitative estimate of drug-likeness (QED) is 0.691. The molecule has 0 amide bonds. The summed E-state index contributed by atoms with van der Waals surface area (Å²) in [5.74, 6) is 0. The lowest BCUT2D eigenvalue weighted by Gasteiger charge is -2.04. The first kappa shape index (κ1) is 9.03. The Labute approximate surface area is 86.7 Å². The minimum absolute atomic E-state index is 0.482. The molecule has 0 atom stereocenters. The van der Waals surface area contributed by atoms with Crippen molar-refractivity contribution in [1.82, 2.24) is 4.57 Å². The van der Waals surface area contributed by atoms with Gasteiger partial charge in [-0.15, -0.1) is 0 Å². The number of carbonyl (C=O) groups is 1. The molecule has 2 nitrogen and oxygen atoms in total. The Balaban J connectivity index is 2.51. The highest BCUT2D eigenvalue weighted by Gasteiger charge is 2.01. The van der Waals surface area contributed by atoms with Crippen molar-refractivity contribution in [2.24, 2.45) is 0 Å². The lowest BCUT2D eigenvalue weighted by molar-refractivity contribution is 0.112. The zero-order chi connectivity index (χ0) is 9.97. The number of carbonyl (C=O) groups excluding carboxylic acids is 1. The van der Waals surface area contributed by atoms with Crippen LogP contribution in [0.1, 0.15) is 10.4 Å². The fourth-order valence-electron chi connectivity index (χ4n) is 1.29. The van der Waals surface area contributed by atoms with Crippen LogP contribution in [0.15, 0.2) is 42.7 Å². The SMILES string of the molecule is O=Cc1cc(-n2cccc2)ccc1Cl. The summed E-state index contributed by atoms with van der Waals surface area (Å²) in [7, 11) is 0. The Bertz CT molecular complexity index is 448. The van der Waals surface area contributed by atoms with Crippen molar-refractivity contribution in [3.8, 4) is 5.69 Å². The summed E-state index contributed by atoms with van der Waals surface area (Å²) < 4.78 is 1.92. The molecule has 0 bridgehead atoms. The molecule has 0 spiro atoms. The predicted molar refractivity (Wildman–Crippen MR) is 56.2 cm³/mol. The lowest BCUT2D eigenvalue weighted by Crippen LogP contribution is -1.91. The van der Waals surface area contributed by atoms with Crippen LogP contribution in [-0.2, 0) is 0 Å². The summed E-state index contributed by atoms with van der Waals surface area (Å²) >= 11 is 5.82. The Morgan fingerprint density at radius 3 is 2.57 bits per heavy atom. The molecule has 1 aromatic heterocycles. The molecule has 0 N–H and O–H groups in total. The minimum atomic E-state index is 0.482. The fraction of sp³-hybridized carbons (Fsp3) is 0. The van der Waals surface area contributed by atoms with E-state index in [-0.39, 0.29) is 0 Å². The van der Waals surface area contributed by atoms with Crippen LogP contribution in [0, 0.1) is 0 Å². The van der Waals surface area contributed by atoms with E-state index >= 15 is 0 Å². The molecule has 2 aromatic rings. The minimum Gasteiger partial charge on any atom is -0.324 e. The van der Waals surface area contributed by atoms with Crippen LogP contribution < -0.4 is 0 Å². The molecule has 0 saturated heterocycles. The summed E-state index contributed by atoms with van der Waals surface area (Å²) in [6, 6.07) is 9.20. The second-order valence-electron chi connectivity index (χ2n) is 2.91. The second kappa shape index (κ2) is 3.68. The van der Waals surface area contributed by atoms with Gasteiger partial charge in [-0.25, -0.2) is 0 Å². The van der Waals surface area contributed by atoms with Gasteiger partial charge in [-0.05, 0) is 30.3 Å². The number of benzene rings is 1. The molecule has 0 saturated carbocycles. The summed E-state index contributed by atoms with van der Waals surface area (Å²) in [6.07, 6.45) is 4.59. The maximum Gasteiger partial charge on any atom is 0.151 e. The van der Waals surface area contributed by atoms with Gasteiger partial charge in [0.05, 0.1) is 5.02 Å². The number of hydrogen-bond acceptors (Lipinski definition) is 1. The van der Waals surface area contributed by atoms with Crippen molar-refractivity contribution in [2.45, 2.75) is 0 Å². The second-order valence-corrected chi connectivity index (χ2v) is 3.32. The summed E-state index contributed by atoms with van der Waals surface area (Å²) in [5, 5.41) is 0.482. The maximum absolute atomic E-state index is 10.7. The van der Waals surface area contributed by atoms with Gasteiger partial charge in [0.1, 0.15) is 0 Å². The monoisotopic (exact) mass is 205 g/mol. The standard InChI is InChI=1S/C11H8ClNO/c12-11-4-3-10(7-9(11)8-14)13-5-1-2-6-13/h1-8H. The molecular formula is C11H8ClNO. The van der Waals surface area contributed by atoms with E-state index < -0.39 is 0 Å². The zero-order valence-corrected chi connectivity index (χ0v) is 8.11. The third-order valence-corrected chi connectivity index (χ3v) is 2.35. The van der Waals surface area contributed by atoms with Crippen LogP contribution in [0.3, 0.4) is 0 Å². The number of halogens is 1. The Kier molecular flexibility index (Phi) is 2.37. The molecule has 0 unspecified atom stereocenters. The molecule has 2 rings (SSSR count). The van der Waals surface area contributed by atoms with Crippen LogP contribution >= 0.6 is 11.6 Å². The van der Waals surface area contributed by atoms with Gasteiger partial charge < -0.3 is 4.57 Å². The van der Waals surface area contributed by atoms with Crippen LogP contribution in [0.5, 0.6) is 0 Å². The number of aldehydes is 1. The smallest absolute Gasteiger partial charge is 0.151 e. The largest absolute Gasteiger partial charge is 0.324 e. The first-order valence-electron chi connectivity index (χ1n) is 4.19. The lowest BCUT2D eigenvalue weighted by atomic mass is 10.2. The van der Waals surface area contributed by atoms with E-state index in [0.717, 1.165) is 12.0 Å².